The standard InChI is InChI=1S/C16H26O6/c1-10(2)5-4-6-11(3)7-8-21-16-15(20)14(19)13(18)12(9-17)22-16/h5,7,12-13,15-18,20H,4,6,8-9H2,1-3H3/b11-7+/t12-,13-,15-,16-/m1/s1. The van der Waals surface area contributed by atoms with Gasteiger partial charge in [-0.2, -0.15) is 0 Å². The molecular formula is C16H26O6. The van der Waals surface area contributed by atoms with Crippen LogP contribution < -0.4 is 0 Å². The smallest absolute Gasteiger partial charge is 0.197 e. The van der Waals surface area contributed by atoms with Crippen molar-refractivity contribution in [2.45, 2.75) is 58.2 Å². The lowest BCUT2D eigenvalue weighted by Gasteiger charge is -2.34. The van der Waals surface area contributed by atoms with E-state index >= 15 is 0 Å². The summed E-state index contributed by atoms with van der Waals surface area (Å²) in [4.78, 5) is 11.6. The quantitative estimate of drug-likeness (QED) is 0.599. The van der Waals surface area contributed by atoms with E-state index in [2.05, 4.69) is 6.08 Å². The number of aliphatic hydroxyl groups excluding tert-OH is 3. The van der Waals surface area contributed by atoms with E-state index in [0.717, 1.165) is 18.4 Å². The fourth-order valence-corrected chi connectivity index (χ4v) is 2.06. The van der Waals surface area contributed by atoms with Crippen molar-refractivity contribution in [2.24, 2.45) is 0 Å². The SMILES string of the molecule is CC(C)=CCC/C(C)=C/CO[C@@H]1O[C@H](CO)[C@@H](O)C(=O)[C@H]1O. The monoisotopic (exact) mass is 314 g/mol. The van der Waals surface area contributed by atoms with Crippen LogP contribution in [0, 0.1) is 0 Å². The number of carbonyl (C=O) groups excluding carboxylic acids is 1. The fourth-order valence-electron chi connectivity index (χ4n) is 2.06. The molecule has 0 spiro atoms. The minimum Gasteiger partial charge on any atom is -0.394 e. The highest BCUT2D eigenvalue weighted by Crippen LogP contribution is 2.19. The van der Waals surface area contributed by atoms with Crippen LogP contribution in [0.15, 0.2) is 23.3 Å². The van der Waals surface area contributed by atoms with Crippen molar-refractivity contribution in [2.75, 3.05) is 13.2 Å². The number of ether oxygens (including phenoxy) is 2. The molecule has 0 amide bonds. The van der Waals surface area contributed by atoms with Gasteiger partial charge in [0.25, 0.3) is 0 Å². The van der Waals surface area contributed by atoms with Gasteiger partial charge < -0.3 is 24.8 Å². The number of aliphatic hydroxyl groups is 3. The molecule has 0 radical (unpaired) electrons. The van der Waals surface area contributed by atoms with Crippen molar-refractivity contribution >= 4 is 5.78 Å². The summed E-state index contributed by atoms with van der Waals surface area (Å²) in [6, 6.07) is 0. The molecule has 1 aliphatic heterocycles. The van der Waals surface area contributed by atoms with Crippen LogP contribution in [0.25, 0.3) is 0 Å². The molecule has 6 nitrogen and oxygen atoms in total. The minimum atomic E-state index is -1.54. The van der Waals surface area contributed by atoms with Gasteiger partial charge in [0.2, 0.25) is 0 Å². The molecular weight excluding hydrogens is 288 g/mol. The number of carbonyl (C=O) groups is 1. The molecule has 1 heterocycles. The Morgan fingerprint density at radius 2 is 1.91 bits per heavy atom. The zero-order valence-corrected chi connectivity index (χ0v) is 13.4. The van der Waals surface area contributed by atoms with Gasteiger partial charge in [0.15, 0.2) is 18.2 Å². The van der Waals surface area contributed by atoms with Gasteiger partial charge in [0.1, 0.15) is 12.2 Å². The first-order valence-electron chi connectivity index (χ1n) is 7.43. The predicted molar refractivity (Wildman–Crippen MR) is 81.1 cm³/mol. The Labute approximate surface area is 131 Å². The highest BCUT2D eigenvalue weighted by atomic mass is 16.7. The maximum atomic E-state index is 11.6. The summed E-state index contributed by atoms with van der Waals surface area (Å²) in [6.07, 6.45) is 0.553. The van der Waals surface area contributed by atoms with E-state index < -0.39 is 37.0 Å². The van der Waals surface area contributed by atoms with E-state index in [1.165, 1.54) is 5.57 Å². The van der Waals surface area contributed by atoms with E-state index in [1.807, 2.05) is 26.8 Å². The molecule has 0 saturated carbocycles. The first-order valence-corrected chi connectivity index (χ1v) is 7.43. The predicted octanol–water partition coefficient (Wildman–Crippen LogP) is 0.704. The van der Waals surface area contributed by atoms with Crippen LogP contribution in [0.5, 0.6) is 0 Å². The van der Waals surface area contributed by atoms with E-state index in [1.54, 1.807) is 0 Å². The average Bonchev–Trinajstić information content (AvgIpc) is 2.47. The van der Waals surface area contributed by atoms with Gasteiger partial charge in [0, 0.05) is 0 Å². The van der Waals surface area contributed by atoms with E-state index in [-0.39, 0.29) is 6.61 Å². The van der Waals surface area contributed by atoms with Crippen LogP contribution >= 0.6 is 0 Å². The summed E-state index contributed by atoms with van der Waals surface area (Å²) in [5, 5.41) is 28.3. The van der Waals surface area contributed by atoms with Gasteiger partial charge in [-0.25, -0.2) is 0 Å². The summed E-state index contributed by atoms with van der Waals surface area (Å²) in [7, 11) is 0. The van der Waals surface area contributed by atoms with Crippen LogP contribution in [0.3, 0.4) is 0 Å². The first kappa shape index (κ1) is 19.0. The summed E-state index contributed by atoms with van der Waals surface area (Å²) in [5.74, 6) is -0.792. The molecule has 0 aliphatic carbocycles. The Bertz CT molecular complexity index is 424. The third kappa shape index (κ3) is 5.62. The molecule has 1 aliphatic rings. The van der Waals surface area contributed by atoms with Gasteiger partial charge in [-0.05, 0) is 33.6 Å². The van der Waals surface area contributed by atoms with Crippen LogP contribution in [-0.2, 0) is 14.3 Å². The third-order valence-electron chi connectivity index (χ3n) is 3.47. The molecule has 22 heavy (non-hydrogen) atoms. The van der Waals surface area contributed by atoms with Gasteiger partial charge >= 0.3 is 0 Å². The van der Waals surface area contributed by atoms with Crippen molar-refractivity contribution in [3.05, 3.63) is 23.3 Å². The lowest BCUT2D eigenvalue weighted by molar-refractivity contribution is -0.252. The molecule has 126 valence electrons. The Hall–Kier alpha value is -1.05. The molecule has 0 aromatic carbocycles. The van der Waals surface area contributed by atoms with Crippen LogP contribution in [-0.4, -0.2) is 58.9 Å². The summed E-state index contributed by atoms with van der Waals surface area (Å²) >= 11 is 0. The summed E-state index contributed by atoms with van der Waals surface area (Å²) in [5.41, 5.74) is 2.41. The molecule has 0 aromatic heterocycles. The van der Waals surface area contributed by atoms with Crippen molar-refractivity contribution < 1.29 is 29.6 Å². The van der Waals surface area contributed by atoms with Gasteiger partial charge in [-0.1, -0.05) is 23.3 Å². The topological polar surface area (TPSA) is 96.2 Å². The third-order valence-corrected chi connectivity index (χ3v) is 3.47. The maximum Gasteiger partial charge on any atom is 0.197 e. The fraction of sp³-hybridized carbons (Fsp3) is 0.688. The zero-order valence-electron chi connectivity index (χ0n) is 13.4. The Morgan fingerprint density at radius 3 is 2.50 bits per heavy atom. The van der Waals surface area contributed by atoms with Crippen molar-refractivity contribution in [3.63, 3.8) is 0 Å². The Morgan fingerprint density at radius 1 is 1.23 bits per heavy atom. The van der Waals surface area contributed by atoms with E-state index in [4.69, 9.17) is 14.6 Å². The maximum absolute atomic E-state index is 11.6. The van der Waals surface area contributed by atoms with E-state index in [9.17, 15) is 15.0 Å². The Kier molecular flexibility index (Phi) is 7.92. The van der Waals surface area contributed by atoms with E-state index in [0.29, 0.717) is 0 Å². The molecule has 0 bridgehead atoms. The van der Waals surface area contributed by atoms with Gasteiger partial charge in [-0.3, -0.25) is 4.79 Å². The number of allylic oxidation sites excluding steroid dienone is 3. The highest BCUT2D eigenvalue weighted by Gasteiger charge is 2.43. The first-order chi connectivity index (χ1) is 10.4. The molecule has 1 rings (SSSR count). The second kappa shape index (κ2) is 9.17. The van der Waals surface area contributed by atoms with Gasteiger partial charge in [-0.15, -0.1) is 0 Å². The number of hydrogen-bond donors (Lipinski definition) is 3. The summed E-state index contributed by atoms with van der Waals surface area (Å²) in [6.45, 7) is 5.74. The van der Waals surface area contributed by atoms with Crippen molar-refractivity contribution in [3.8, 4) is 0 Å². The molecule has 4 atom stereocenters. The molecule has 3 N–H and O–H groups in total. The second-order valence-corrected chi connectivity index (χ2v) is 5.72. The van der Waals surface area contributed by atoms with Crippen molar-refractivity contribution in [1.82, 2.24) is 0 Å². The number of rotatable bonds is 7. The lowest BCUT2D eigenvalue weighted by Crippen LogP contribution is -2.56. The number of hydrogen-bond acceptors (Lipinski definition) is 6. The average molecular weight is 314 g/mol. The highest BCUT2D eigenvalue weighted by molar-refractivity contribution is 5.88. The second-order valence-electron chi connectivity index (χ2n) is 5.72. The van der Waals surface area contributed by atoms with Gasteiger partial charge in [0.05, 0.1) is 13.2 Å². The molecule has 0 aromatic rings. The van der Waals surface area contributed by atoms with Crippen LogP contribution in [0.2, 0.25) is 0 Å². The molecule has 1 saturated heterocycles. The number of ketones is 1. The minimum absolute atomic E-state index is 0.184. The normalized spacial score (nSPS) is 29.5. The van der Waals surface area contributed by atoms with Crippen molar-refractivity contribution in [1.29, 1.82) is 0 Å². The van der Waals surface area contributed by atoms with Crippen LogP contribution in [0.1, 0.15) is 33.6 Å². The molecule has 6 heteroatoms. The molecule has 1 fully saturated rings. The molecule has 0 unspecified atom stereocenters. The zero-order chi connectivity index (χ0) is 16.7. The lowest BCUT2D eigenvalue weighted by atomic mass is 10.0. The largest absolute Gasteiger partial charge is 0.394 e. The number of Topliss-reactive ketones (excluding diaryl/α,β-unsaturated/α-hetero) is 1. The summed E-state index contributed by atoms with van der Waals surface area (Å²) < 4.78 is 10.5. The van der Waals surface area contributed by atoms with Crippen LogP contribution in [0.4, 0.5) is 0 Å². The Balaban J connectivity index is 2.46.